The van der Waals surface area contributed by atoms with Crippen LogP contribution in [0.15, 0.2) is 132 Å². The van der Waals surface area contributed by atoms with E-state index in [2.05, 4.69) is 55.5 Å². The zero-order chi connectivity index (χ0) is 36.7. The van der Waals surface area contributed by atoms with Gasteiger partial charge in [0.15, 0.2) is 0 Å². The number of phenols is 1. The minimum absolute atomic E-state index is 0.0730. The Morgan fingerprint density at radius 1 is 0.820 bits per heavy atom. The Morgan fingerprint density at radius 3 is 1.92 bits per heavy atom. The summed E-state index contributed by atoms with van der Waals surface area (Å²) in [6, 6.07) is 38.6. The van der Waals surface area contributed by atoms with Crippen LogP contribution >= 0.6 is 0 Å². The number of phenolic OH excluding ortho intramolecular Hbond substituents is 1. The Labute approximate surface area is 295 Å². The summed E-state index contributed by atoms with van der Waals surface area (Å²) in [5.41, 5.74) is 2.23. The standard InChI is InChI=1S/C22H29NO2.C10H8O3S.C8H9NO2/c1-5-21(24)25-22(18(2)17-23(3)4,20-14-10-7-11-15-20)16-19-12-8-6-9-13-19;11-14(12,13)10-6-5-8-3-1-2-4-9(8)7-10;1-6(10)9-7-2-4-8(11)5-3-7/h6-15,18H,5,16-17H2,1-4H3;1-7H,(H,11,12,13);2-5,11H,1H3,(H,9,10)/t18-,22+;;/m1../s1. The summed E-state index contributed by atoms with van der Waals surface area (Å²) in [5, 5.41) is 13.2. The second kappa shape index (κ2) is 18.7. The molecular weight excluding hydrogens is 653 g/mol. The molecule has 0 fully saturated rings. The number of fused-ring (bicyclic) bond motifs is 1. The zero-order valence-corrected chi connectivity index (χ0v) is 29.9. The number of nitrogens with zero attached hydrogens (tertiary/aromatic N) is 1. The highest BCUT2D eigenvalue weighted by atomic mass is 32.2. The maximum Gasteiger partial charge on any atom is 0.306 e. The molecule has 264 valence electrons. The molecule has 1 amide bonds. The lowest BCUT2D eigenvalue weighted by atomic mass is 9.77. The van der Waals surface area contributed by atoms with Crippen molar-refractivity contribution >= 4 is 38.5 Å². The summed E-state index contributed by atoms with van der Waals surface area (Å²) < 4.78 is 36.7. The number of nitrogens with one attached hydrogen (secondary N) is 1. The molecule has 5 rings (SSSR count). The van der Waals surface area contributed by atoms with Gasteiger partial charge in [0.25, 0.3) is 10.1 Å². The van der Waals surface area contributed by atoms with Crippen LogP contribution < -0.4 is 5.32 Å². The van der Waals surface area contributed by atoms with Crippen LogP contribution in [0, 0.1) is 5.92 Å². The van der Waals surface area contributed by atoms with Gasteiger partial charge in [0.2, 0.25) is 5.91 Å². The topological polar surface area (TPSA) is 133 Å². The number of hydrogen-bond acceptors (Lipinski definition) is 7. The lowest BCUT2D eigenvalue weighted by Crippen LogP contribution is -2.44. The Bertz CT molecular complexity index is 1920. The molecule has 5 aromatic rings. The summed E-state index contributed by atoms with van der Waals surface area (Å²) in [7, 11) is 0.00971. The van der Waals surface area contributed by atoms with E-state index in [4.69, 9.17) is 14.4 Å². The minimum Gasteiger partial charge on any atom is -0.508 e. The Kier molecular flexibility index (Phi) is 14.7. The normalized spacial score (nSPS) is 12.7. The van der Waals surface area contributed by atoms with Gasteiger partial charge in [-0.25, -0.2) is 0 Å². The lowest BCUT2D eigenvalue weighted by Gasteiger charge is -2.40. The van der Waals surface area contributed by atoms with Crippen molar-refractivity contribution < 1.29 is 32.4 Å². The first kappa shape index (κ1) is 39.4. The van der Waals surface area contributed by atoms with Gasteiger partial charge in [0, 0.05) is 37.9 Å². The quantitative estimate of drug-likeness (QED) is 0.0768. The van der Waals surface area contributed by atoms with Crippen LogP contribution in [0.1, 0.15) is 38.3 Å². The number of carbonyl (C=O) groups is 2. The van der Waals surface area contributed by atoms with Crippen molar-refractivity contribution in [3.05, 3.63) is 139 Å². The second-order valence-corrected chi connectivity index (χ2v) is 13.5. The number of ether oxygens (including phenoxy) is 1. The van der Waals surface area contributed by atoms with E-state index in [9.17, 15) is 18.0 Å². The van der Waals surface area contributed by atoms with Crippen LogP contribution in [0.3, 0.4) is 0 Å². The van der Waals surface area contributed by atoms with E-state index in [1.165, 1.54) is 36.8 Å². The predicted molar refractivity (Wildman–Crippen MR) is 199 cm³/mol. The highest BCUT2D eigenvalue weighted by Gasteiger charge is 2.42. The van der Waals surface area contributed by atoms with Gasteiger partial charge in [-0.15, -0.1) is 0 Å². The molecule has 10 heteroatoms. The summed E-state index contributed by atoms with van der Waals surface area (Å²) in [4.78, 5) is 24.9. The SMILES string of the molecule is CC(=O)Nc1ccc(O)cc1.CCC(=O)O[C@](Cc1ccccc1)(c1ccccc1)[C@H](C)CN(C)C.O=S(=O)(O)c1ccc2ccccc2c1. The van der Waals surface area contributed by atoms with Gasteiger partial charge in [-0.2, -0.15) is 8.42 Å². The number of benzene rings is 5. The summed E-state index contributed by atoms with van der Waals surface area (Å²) in [5.74, 6) is 0.0563. The molecule has 9 nitrogen and oxygen atoms in total. The highest BCUT2D eigenvalue weighted by Crippen LogP contribution is 2.38. The van der Waals surface area contributed by atoms with Crippen molar-refractivity contribution in [1.29, 1.82) is 0 Å². The van der Waals surface area contributed by atoms with E-state index >= 15 is 0 Å². The van der Waals surface area contributed by atoms with Gasteiger partial charge >= 0.3 is 5.97 Å². The molecule has 3 N–H and O–H groups in total. The summed E-state index contributed by atoms with van der Waals surface area (Å²) >= 11 is 0. The molecule has 0 radical (unpaired) electrons. The van der Waals surface area contributed by atoms with Gasteiger partial charge in [-0.1, -0.05) is 105 Å². The Morgan fingerprint density at radius 2 is 1.38 bits per heavy atom. The monoisotopic (exact) mass is 698 g/mol. The summed E-state index contributed by atoms with van der Waals surface area (Å²) in [6.45, 7) is 6.28. The van der Waals surface area contributed by atoms with Crippen molar-refractivity contribution in [2.45, 2.75) is 44.1 Å². The van der Waals surface area contributed by atoms with Crippen LogP contribution in [0.4, 0.5) is 5.69 Å². The second-order valence-electron chi connectivity index (χ2n) is 12.1. The molecule has 0 saturated carbocycles. The molecule has 0 heterocycles. The van der Waals surface area contributed by atoms with Crippen molar-refractivity contribution in [2.24, 2.45) is 5.92 Å². The summed E-state index contributed by atoms with van der Waals surface area (Å²) in [6.07, 6.45) is 1.04. The number of amides is 1. The van der Waals surface area contributed by atoms with Crippen molar-refractivity contribution in [1.82, 2.24) is 4.90 Å². The fourth-order valence-corrected chi connectivity index (χ4v) is 5.94. The zero-order valence-electron chi connectivity index (χ0n) is 29.1. The van der Waals surface area contributed by atoms with E-state index in [1.807, 2.05) is 61.5 Å². The molecular formula is C40H46N2O7S. The molecule has 0 bridgehead atoms. The molecule has 0 saturated heterocycles. The smallest absolute Gasteiger partial charge is 0.306 e. The fraction of sp³-hybridized carbons (Fsp3) is 0.250. The first-order valence-corrected chi connectivity index (χ1v) is 17.7. The fourth-order valence-electron chi connectivity index (χ4n) is 5.42. The van der Waals surface area contributed by atoms with Gasteiger partial charge in [0.1, 0.15) is 11.4 Å². The number of carbonyl (C=O) groups excluding carboxylic acids is 2. The molecule has 0 aromatic heterocycles. The average Bonchev–Trinajstić information content (AvgIpc) is 3.09. The number of esters is 1. The Balaban J connectivity index is 0.000000226. The van der Waals surface area contributed by atoms with Crippen LogP contribution in [-0.4, -0.2) is 55.5 Å². The number of rotatable bonds is 10. The number of aromatic hydroxyl groups is 1. The van der Waals surface area contributed by atoms with E-state index in [0.717, 1.165) is 22.9 Å². The lowest BCUT2D eigenvalue weighted by molar-refractivity contribution is -0.168. The first-order chi connectivity index (χ1) is 23.7. The maximum absolute atomic E-state index is 12.3. The molecule has 5 aromatic carbocycles. The third-order valence-electron chi connectivity index (χ3n) is 7.80. The highest BCUT2D eigenvalue weighted by molar-refractivity contribution is 7.85. The average molecular weight is 699 g/mol. The molecule has 0 spiro atoms. The van der Waals surface area contributed by atoms with Crippen LogP contribution in [0.25, 0.3) is 10.8 Å². The predicted octanol–water partition coefficient (Wildman–Crippen LogP) is 7.71. The molecule has 50 heavy (non-hydrogen) atoms. The van der Waals surface area contributed by atoms with Gasteiger partial charge in [-0.05, 0) is 72.4 Å². The van der Waals surface area contributed by atoms with E-state index in [-0.39, 0.29) is 28.4 Å². The third-order valence-corrected chi connectivity index (χ3v) is 8.65. The Hall–Kier alpha value is -5.03. The van der Waals surface area contributed by atoms with Crippen molar-refractivity contribution in [3.63, 3.8) is 0 Å². The molecule has 2 atom stereocenters. The minimum atomic E-state index is -4.09. The largest absolute Gasteiger partial charge is 0.508 e. The van der Waals surface area contributed by atoms with Gasteiger partial charge in [-0.3, -0.25) is 14.1 Å². The van der Waals surface area contributed by atoms with Crippen molar-refractivity contribution in [2.75, 3.05) is 26.0 Å². The number of anilines is 1. The van der Waals surface area contributed by atoms with Gasteiger partial charge in [0.05, 0.1) is 4.90 Å². The molecule has 0 aliphatic carbocycles. The van der Waals surface area contributed by atoms with E-state index in [0.29, 0.717) is 18.5 Å². The maximum atomic E-state index is 12.3. The molecule has 0 unspecified atom stereocenters. The number of hydrogen-bond donors (Lipinski definition) is 3. The van der Waals surface area contributed by atoms with Crippen LogP contribution in [0.2, 0.25) is 0 Å². The molecule has 0 aliphatic heterocycles. The first-order valence-electron chi connectivity index (χ1n) is 16.2. The van der Waals surface area contributed by atoms with E-state index < -0.39 is 15.7 Å². The third kappa shape index (κ3) is 12.1. The molecule has 0 aliphatic rings. The van der Waals surface area contributed by atoms with Crippen LogP contribution in [0.5, 0.6) is 5.75 Å². The van der Waals surface area contributed by atoms with Gasteiger partial charge < -0.3 is 20.1 Å². The van der Waals surface area contributed by atoms with E-state index in [1.54, 1.807) is 24.3 Å². The van der Waals surface area contributed by atoms with Crippen LogP contribution in [-0.2, 0) is 36.5 Å². The van der Waals surface area contributed by atoms with Crippen molar-refractivity contribution in [3.8, 4) is 5.75 Å².